The topological polar surface area (TPSA) is 16.4 Å². The Balaban J connectivity index is 1.27. The highest BCUT2D eigenvalue weighted by molar-refractivity contribution is 6.22. The first-order valence-corrected chi connectivity index (χ1v) is 16.4. The minimum absolute atomic E-state index is 0.905. The van der Waals surface area contributed by atoms with E-state index in [-0.39, 0.29) is 0 Å². The summed E-state index contributed by atoms with van der Waals surface area (Å²) >= 11 is 0. The summed E-state index contributed by atoms with van der Waals surface area (Å²) in [6, 6.07) is 63.4. The van der Waals surface area contributed by atoms with Crippen molar-refractivity contribution in [2.24, 2.45) is 0 Å². The van der Waals surface area contributed by atoms with Crippen molar-refractivity contribution in [2.75, 3.05) is 4.90 Å². The molecule has 224 valence electrons. The Morgan fingerprint density at radius 2 is 0.979 bits per heavy atom. The minimum Gasteiger partial charge on any atom is -0.456 e. The van der Waals surface area contributed by atoms with E-state index < -0.39 is 0 Å². The van der Waals surface area contributed by atoms with Gasteiger partial charge in [0, 0.05) is 27.5 Å². The SMILES string of the molecule is c1ccc(-c2ccc(N(c3ccc4ccc5oc6ccccc6c5c4c3)c3cccc4ccc5c6ccccc6ccc5c34)cc2)cc1. The van der Waals surface area contributed by atoms with E-state index in [1.54, 1.807) is 0 Å². The first kappa shape index (κ1) is 26.8. The fraction of sp³-hybridized carbons (Fsp3) is 0. The Morgan fingerprint density at radius 1 is 0.333 bits per heavy atom. The second-order valence-electron chi connectivity index (χ2n) is 12.5. The summed E-state index contributed by atoms with van der Waals surface area (Å²) in [5.74, 6) is 0. The second kappa shape index (κ2) is 10.6. The van der Waals surface area contributed by atoms with Crippen LogP contribution in [0.5, 0.6) is 0 Å². The molecule has 2 nitrogen and oxygen atoms in total. The van der Waals surface area contributed by atoms with Crippen LogP contribution in [0.2, 0.25) is 0 Å². The van der Waals surface area contributed by atoms with E-state index in [1.807, 2.05) is 6.07 Å². The fourth-order valence-corrected chi connectivity index (χ4v) is 7.57. The third-order valence-corrected chi connectivity index (χ3v) is 9.82. The molecule has 0 fully saturated rings. The molecule has 0 N–H and O–H groups in total. The molecule has 1 aromatic heterocycles. The van der Waals surface area contributed by atoms with Gasteiger partial charge < -0.3 is 9.32 Å². The number of fused-ring (bicyclic) bond motifs is 10. The summed E-state index contributed by atoms with van der Waals surface area (Å²) in [7, 11) is 0. The van der Waals surface area contributed by atoms with Crippen molar-refractivity contribution in [1.82, 2.24) is 0 Å². The highest BCUT2D eigenvalue weighted by atomic mass is 16.3. The zero-order chi connectivity index (χ0) is 31.6. The average molecular weight is 612 g/mol. The van der Waals surface area contributed by atoms with Crippen molar-refractivity contribution < 1.29 is 4.42 Å². The molecule has 10 aromatic rings. The Kier molecular flexibility index (Phi) is 5.91. The van der Waals surface area contributed by atoms with Crippen LogP contribution in [-0.2, 0) is 0 Å². The lowest BCUT2D eigenvalue weighted by atomic mass is 9.95. The monoisotopic (exact) mass is 611 g/mol. The summed E-state index contributed by atoms with van der Waals surface area (Å²) in [4.78, 5) is 2.42. The smallest absolute Gasteiger partial charge is 0.136 e. The van der Waals surface area contributed by atoms with Crippen LogP contribution in [0.15, 0.2) is 180 Å². The summed E-state index contributed by atoms with van der Waals surface area (Å²) in [6.07, 6.45) is 0. The molecule has 2 heteroatoms. The number of hydrogen-bond donors (Lipinski definition) is 0. The van der Waals surface area contributed by atoms with Crippen molar-refractivity contribution in [2.45, 2.75) is 0 Å². The van der Waals surface area contributed by atoms with Crippen molar-refractivity contribution in [3.8, 4) is 11.1 Å². The molecular weight excluding hydrogens is 583 g/mol. The van der Waals surface area contributed by atoms with Crippen LogP contribution < -0.4 is 4.90 Å². The van der Waals surface area contributed by atoms with E-state index in [2.05, 4.69) is 175 Å². The van der Waals surface area contributed by atoms with E-state index in [0.717, 1.165) is 39.0 Å². The predicted molar refractivity (Wildman–Crippen MR) is 204 cm³/mol. The highest BCUT2D eigenvalue weighted by Gasteiger charge is 2.19. The van der Waals surface area contributed by atoms with Crippen molar-refractivity contribution >= 4 is 82.1 Å². The van der Waals surface area contributed by atoms with Gasteiger partial charge in [-0.3, -0.25) is 0 Å². The van der Waals surface area contributed by atoms with Gasteiger partial charge >= 0.3 is 0 Å². The van der Waals surface area contributed by atoms with Gasteiger partial charge in [0.25, 0.3) is 0 Å². The Morgan fingerprint density at radius 3 is 1.88 bits per heavy atom. The normalized spacial score (nSPS) is 11.8. The number of benzene rings is 9. The molecule has 0 saturated heterocycles. The molecule has 48 heavy (non-hydrogen) atoms. The molecule has 10 rings (SSSR count). The zero-order valence-corrected chi connectivity index (χ0v) is 26.1. The lowest BCUT2D eigenvalue weighted by molar-refractivity contribution is 0.669. The molecule has 0 saturated carbocycles. The van der Waals surface area contributed by atoms with Gasteiger partial charge in [0.05, 0.1) is 5.69 Å². The third kappa shape index (κ3) is 4.13. The third-order valence-electron chi connectivity index (χ3n) is 9.82. The summed E-state index contributed by atoms with van der Waals surface area (Å²) < 4.78 is 6.31. The molecule has 0 aliphatic heterocycles. The van der Waals surface area contributed by atoms with Crippen LogP contribution in [0.3, 0.4) is 0 Å². The number of nitrogens with zero attached hydrogens (tertiary/aromatic N) is 1. The molecule has 0 spiro atoms. The van der Waals surface area contributed by atoms with E-state index in [4.69, 9.17) is 4.42 Å². The van der Waals surface area contributed by atoms with Gasteiger partial charge in [-0.2, -0.15) is 0 Å². The number of rotatable bonds is 4. The number of furan rings is 1. The van der Waals surface area contributed by atoms with Crippen molar-refractivity contribution in [3.05, 3.63) is 176 Å². The van der Waals surface area contributed by atoms with Crippen LogP contribution in [0, 0.1) is 0 Å². The Bertz CT molecular complexity index is 2830. The fourth-order valence-electron chi connectivity index (χ4n) is 7.57. The molecule has 1 heterocycles. The standard InChI is InChI=1S/C46H29NO/c1-2-9-30(10-3-1)31-17-23-35(24-18-31)47(36-25-19-33-22-28-44-46(41(33)29-36)40-14-6-7-16-43(40)48-44)42-15-8-12-34-21-26-38-37-13-5-4-11-32(37)20-27-39(38)45(34)42/h1-29H. The summed E-state index contributed by atoms with van der Waals surface area (Å²) in [5.41, 5.74) is 7.55. The molecule has 0 bridgehead atoms. The lowest BCUT2D eigenvalue weighted by Crippen LogP contribution is -2.10. The molecule has 0 atom stereocenters. The van der Waals surface area contributed by atoms with Crippen LogP contribution in [0.4, 0.5) is 17.1 Å². The predicted octanol–water partition coefficient (Wildman–Crippen LogP) is 13.3. The van der Waals surface area contributed by atoms with E-state index in [1.165, 1.54) is 54.2 Å². The molecule has 0 radical (unpaired) electrons. The molecule has 0 unspecified atom stereocenters. The van der Waals surface area contributed by atoms with Gasteiger partial charge in [-0.1, -0.05) is 133 Å². The molecule has 0 amide bonds. The maximum Gasteiger partial charge on any atom is 0.136 e. The first-order valence-electron chi connectivity index (χ1n) is 16.4. The molecule has 0 aliphatic rings. The second-order valence-corrected chi connectivity index (χ2v) is 12.5. The molecule has 0 aliphatic carbocycles. The Labute approximate surface area is 277 Å². The van der Waals surface area contributed by atoms with E-state index in [9.17, 15) is 0 Å². The van der Waals surface area contributed by atoms with Crippen LogP contribution in [0.1, 0.15) is 0 Å². The van der Waals surface area contributed by atoms with Gasteiger partial charge in [0.1, 0.15) is 11.2 Å². The van der Waals surface area contributed by atoms with Crippen molar-refractivity contribution in [1.29, 1.82) is 0 Å². The van der Waals surface area contributed by atoms with Gasteiger partial charge in [-0.25, -0.2) is 0 Å². The lowest BCUT2D eigenvalue weighted by Gasteiger charge is -2.28. The minimum atomic E-state index is 0.905. The van der Waals surface area contributed by atoms with Crippen molar-refractivity contribution in [3.63, 3.8) is 0 Å². The van der Waals surface area contributed by atoms with Gasteiger partial charge in [-0.05, 0) is 91.3 Å². The molecule has 9 aromatic carbocycles. The maximum absolute atomic E-state index is 6.31. The van der Waals surface area contributed by atoms with Gasteiger partial charge in [0.2, 0.25) is 0 Å². The van der Waals surface area contributed by atoms with Gasteiger partial charge in [0.15, 0.2) is 0 Å². The Hall–Kier alpha value is -6.38. The van der Waals surface area contributed by atoms with E-state index in [0.29, 0.717) is 0 Å². The first-order chi connectivity index (χ1) is 23.8. The van der Waals surface area contributed by atoms with Crippen LogP contribution in [-0.4, -0.2) is 0 Å². The molecular formula is C46H29NO. The number of anilines is 3. The van der Waals surface area contributed by atoms with Crippen LogP contribution in [0.25, 0.3) is 76.2 Å². The largest absolute Gasteiger partial charge is 0.456 e. The zero-order valence-electron chi connectivity index (χ0n) is 26.1. The number of para-hydroxylation sites is 1. The van der Waals surface area contributed by atoms with Gasteiger partial charge in [-0.15, -0.1) is 0 Å². The summed E-state index contributed by atoms with van der Waals surface area (Å²) in [6.45, 7) is 0. The quantitative estimate of drug-likeness (QED) is 0.184. The average Bonchev–Trinajstić information content (AvgIpc) is 3.55. The van der Waals surface area contributed by atoms with E-state index >= 15 is 0 Å². The maximum atomic E-state index is 6.31. The summed E-state index contributed by atoms with van der Waals surface area (Å²) in [5, 5.41) is 12.1. The number of hydrogen-bond acceptors (Lipinski definition) is 2. The van der Waals surface area contributed by atoms with Crippen LogP contribution >= 0.6 is 0 Å². The highest BCUT2D eigenvalue weighted by Crippen LogP contribution is 2.45.